The summed E-state index contributed by atoms with van der Waals surface area (Å²) in [4.78, 5) is 15.3. The number of rotatable bonds is 3. The molecule has 1 aromatic heterocycles. The maximum atomic E-state index is 6.07. The summed E-state index contributed by atoms with van der Waals surface area (Å²) in [6.45, 7) is 4.37. The molecule has 2 heterocycles. The molecular weight excluding hydrogens is 286 g/mol. The average molecular weight is 310 g/mol. The normalized spacial score (nSPS) is 26.7. The zero-order valence-corrected chi connectivity index (χ0v) is 13.4. The van der Waals surface area contributed by atoms with Gasteiger partial charge in [-0.1, -0.05) is 19.8 Å². The molecule has 2 fully saturated rings. The van der Waals surface area contributed by atoms with Gasteiger partial charge in [0.05, 0.1) is 0 Å². The minimum atomic E-state index is 0.288. The van der Waals surface area contributed by atoms with E-state index < -0.39 is 0 Å². The van der Waals surface area contributed by atoms with Crippen LogP contribution in [0.5, 0.6) is 0 Å². The molecule has 1 aliphatic heterocycles. The molecule has 1 saturated heterocycles. The van der Waals surface area contributed by atoms with Crippen LogP contribution in [0, 0.1) is 5.92 Å². The quantitative estimate of drug-likeness (QED) is 0.866. The summed E-state index contributed by atoms with van der Waals surface area (Å²) >= 11 is 6.07. The topological polar surface area (TPSA) is 53.9 Å². The molecule has 5 nitrogen and oxygen atoms in total. The molecule has 116 valence electrons. The van der Waals surface area contributed by atoms with E-state index in [1.54, 1.807) is 0 Å². The summed E-state index contributed by atoms with van der Waals surface area (Å²) in [6, 6.07) is 0.458. The third kappa shape index (κ3) is 3.96. The molecular formula is C15H24ClN5. The first kappa shape index (κ1) is 14.8. The highest BCUT2D eigenvalue weighted by molar-refractivity contribution is 6.28. The second-order valence-electron chi connectivity index (χ2n) is 6.38. The van der Waals surface area contributed by atoms with Crippen LogP contribution in [-0.4, -0.2) is 34.1 Å². The summed E-state index contributed by atoms with van der Waals surface area (Å²) in [7, 11) is 0. The first-order chi connectivity index (χ1) is 10.2. The summed E-state index contributed by atoms with van der Waals surface area (Å²) in [6.07, 6.45) is 8.65. The van der Waals surface area contributed by atoms with Gasteiger partial charge in [0.15, 0.2) is 0 Å². The van der Waals surface area contributed by atoms with Gasteiger partial charge in [0.25, 0.3) is 0 Å². The third-order valence-corrected chi connectivity index (χ3v) is 4.74. The van der Waals surface area contributed by atoms with E-state index in [-0.39, 0.29) is 5.28 Å². The van der Waals surface area contributed by atoms with E-state index in [1.807, 2.05) is 0 Å². The molecule has 0 amide bonds. The highest BCUT2D eigenvalue weighted by atomic mass is 35.5. The van der Waals surface area contributed by atoms with Crippen LogP contribution in [0.25, 0.3) is 0 Å². The number of nitrogens with one attached hydrogen (secondary N) is 1. The Labute approximate surface area is 131 Å². The van der Waals surface area contributed by atoms with Crippen LogP contribution in [0.1, 0.15) is 51.9 Å². The van der Waals surface area contributed by atoms with Crippen molar-refractivity contribution in [1.29, 1.82) is 0 Å². The minimum absolute atomic E-state index is 0.288. The Morgan fingerprint density at radius 1 is 1.00 bits per heavy atom. The van der Waals surface area contributed by atoms with Crippen molar-refractivity contribution < 1.29 is 0 Å². The molecule has 1 aliphatic carbocycles. The lowest BCUT2D eigenvalue weighted by molar-refractivity contribution is 0.501. The Morgan fingerprint density at radius 3 is 2.62 bits per heavy atom. The van der Waals surface area contributed by atoms with Gasteiger partial charge in [0.1, 0.15) is 0 Å². The fourth-order valence-electron chi connectivity index (χ4n) is 3.28. The van der Waals surface area contributed by atoms with Crippen molar-refractivity contribution in [3.63, 3.8) is 0 Å². The van der Waals surface area contributed by atoms with Gasteiger partial charge in [-0.2, -0.15) is 15.0 Å². The summed E-state index contributed by atoms with van der Waals surface area (Å²) in [5.74, 6) is 2.19. The fraction of sp³-hybridized carbons (Fsp3) is 0.800. The molecule has 3 rings (SSSR count). The zero-order chi connectivity index (χ0) is 14.7. The van der Waals surface area contributed by atoms with E-state index in [1.165, 1.54) is 44.9 Å². The van der Waals surface area contributed by atoms with Gasteiger partial charge in [-0.05, 0) is 49.6 Å². The molecule has 0 radical (unpaired) electrons. The van der Waals surface area contributed by atoms with Crippen molar-refractivity contribution in [1.82, 2.24) is 15.0 Å². The standard InChI is InChI=1S/C15H24ClN5/c1-11-5-4-6-12(8-7-11)17-14-18-13(16)19-15(20-14)21-9-2-3-10-21/h11-12H,2-10H2,1H3,(H,17,18,19,20). The van der Waals surface area contributed by atoms with Gasteiger partial charge in [-0.3, -0.25) is 0 Å². The van der Waals surface area contributed by atoms with Crippen LogP contribution in [0.2, 0.25) is 5.28 Å². The van der Waals surface area contributed by atoms with Gasteiger partial charge in [0.2, 0.25) is 17.2 Å². The van der Waals surface area contributed by atoms with Crippen LogP contribution >= 0.6 is 11.6 Å². The van der Waals surface area contributed by atoms with Crippen molar-refractivity contribution in [2.75, 3.05) is 23.3 Å². The molecule has 0 spiro atoms. The van der Waals surface area contributed by atoms with Gasteiger partial charge >= 0.3 is 0 Å². The Kier molecular flexibility index (Phi) is 4.78. The Balaban J connectivity index is 1.69. The van der Waals surface area contributed by atoms with E-state index in [0.717, 1.165) is 25.0 Å². The molecule has 2 atom stereocenters. The highest BCUT2D eigenvalue weighted by Crippen LogP contribution is 2.25. The fourth-order valence-corrected chi connectivity index (χ4v) is 3.43. The first-order valence-corrected chi connectivity index (χ1v) is 8.51. The molecule has 1 aromatic rings. The average Bonchev–Trinajstić information content (AvgIpc) is 2.91. The van der Waals surface area contributed by atoms with Crippen LogP contribution < -0.4 is 10.2 Å². The zero-order valence-electron chi connectivity index (χ0n) is 12.7. The van der Waals surface area contributed by atoms with Gasteiger partial charge < -0.3 is 10.2 Å². The number of halogens is 1. The molecule has 21 heavy (non-hydrogen) atoms. The van der Waals surface area contributed by atoms with Crippen LogP contribution in [-0.2, 0) is 0 Å². The molecule has 1 saturated carbocycles. The van der Waals surface area contributed by atoms with E-state index in [9.17, 15) is 0 Å². The minimum Gasteiger partial charge on any atom is -0.351 e. The van der Waals surface area contributed by atoms with Crippen LogP contribution in [0.15, 0.2) is 0 Å². The Bertz CT molecular complexity index is 475. The Morgan fingerprint density at radius 2 is 1.81 bits per heavy atom. The molecule has 0 aromatic carbocycles. The Hall–Kier alpha value is -1.10. The smallest absolute Gasteiger partial charge is 0.231 e. The van der Waals surface area contributed by atoms with E-state index >= 15 is 0 Å². The van der Waals surface area contributed by atoms with Crippen molar-refractivity contribution in [2.24, 2.45) is 5.92 Å². The van der Waals surface area contributed by atoms with Crippen molar-refractivity contribution >= 4 is 23.5 Å². The SMILES string of the molecule is CC1CCCC(Nc2nc(Cl)nc(N3CCCC3)n2)CC1. The first-order valence-electron chi connectivity index (χ1n) is 8.14. The lowest BCUT2D eigenvalue weighted by Crippen LogP contribution is -2.24. The van der Waals surface area contributed by atoms with Gasteiger partial charge in [0, 0.05) is 19.1 Å². The third-order valence-electron chi connectivity index (χ3n) is 4.58. The predicted octanol–water partition coefficient (Wildman–Crippen LogP) is 3.51. The van der Waals surface area contributed by atoms with Crippen LogP contribution in [0.4, 0.5) is 11.9 Å². The van der Waals surface area contributed by atoms with Crippen molar-refractivity contribution in [3.05, 3.63) is 5.28 Å². The summed E-state index contributed by atoms with van der Waals surface area (Å²) < 4.78 is 0. The van der Waals surface area contributed by atoms with Crippen molar-refractivity contribution in [2.45, 2.75) is 57.9 Å². The molecule has 0 bridgehead atoms. The monoisotopic (exact) mass is 309 g/mol. The molecule has 2 aliphatic rings. The number of hydrogen-bond acceptors (Lipinski definition) is 5. The number of hydrogen-bond donors (Lipinski definition) is 1. The lowest BCUT2D eigenvalue weighted by atomic mass is 10.0. The van der Waals surface area contributed by atoms with E-state index in [0.29, 0.717) is 12.0 Å². The summed E-state index contributed by atoms with van der Waals surface area (Å²) in [5.41, 5.74) is 0. The maximum Gasteiger partial charge on any atom is 0.231 e. The molecule has 1 N–H and O–H groups in total. The highest BCUT2D eigenvalue weighted by Gasteiger charge is 2.20. The number of nitrogens with zero attached hydrogens (tertiary/aromatic N) is 4. The maximum absolute atomic E-state index is 6.07. The van der Waals surface area contributed by atoms with Gasteiger partial charge in [-0.25, -0.2) is 0 Å². The lowest BCUT2D eigenvalue weighted by Gasteiger charge is -2.19. The number of anilines is 2. The van der Waals surface area contributed by atoms with Crippen LogP contribution in [0.3, 0.4) is 0 Å². The second kappa shape index (κ2) is 6.77. The van der Waals surface area contributed by atoms with E-state index in [2.05, 4.69) is 32.1 Å². The second-order valence-corrected chi connectivity index (χ2v) is 6.71. The van der Waals surface area contributed by atoms with Gasteiger partial charge in [-0.15, -0.1) is 0 Å². The largest absolute Gasteiger partial charge is 0.351 e. The van der Waals surface area contributed by atoms with E-state index in [4.69, 9.17) is 11.6 Å². The van der Waals surface area contributed by atoms with Crippen molar-refractivity contribution in [3.8, 4) is 0 Å². The molecule has 6 heteroatoms. The molecule has 2 unspecified atom stereocenters. The predicted molar refractivity (Wildman–Crippen MR) is 85.9 cm³/mol. The number of aromatic nitrogens is 3. The summed E-state index contributed by atoms with van der Waals surface area (Å²) in [5, 5.41) is 3.76.